The van der Waals surface area contributed by atoms with Gasteiger partial charge < -0.3 is 19.1 Å². The van der Waals surface area contributed by atoms with Crippen LogP contribution in [0.4, 0.5) is 18.0 Å². The number of hydrogen-bond donors (Lipinski definition) is 0. The van der Waals surface area contributed by atoms with Gasteiger partial charge in [-0.05, 0) is 72.5 Å². The molecule has 0 radical (unpaired) electrons. The Balaban J connectivity index is 1.96. The molecule has 3 aromatic carbocycles. The highest BCUT2D eigenvalue weighted by molar-refractivity contribution is 6.30. The van der Waals surface area contributed by atoms with Crippen molar-refractivity contribution < 1.29 is 37.0 Å². The quantitative estimate of drug-likeness (QED) is 0.242. The molecule has 10 heteroatoms. The molecular formula is C29H29ClF3NO5. The third kappa shape index (κ3) is 8.13. The largest absolute Gasteiger partial charge is 0.496 e. The molecule has 0 aliphatic heterocycles. The van der Waals surface area contributed by atoms with E-state index in [1.54, 1.807) is 56.3 Å². The molecule has 208 valence electrons. The number of benzene rings is 3. The van der Waals surface area contributed by atoms with Crippen LogP contribution in [0.1, 0.15) is 36.1 Å². The van der Waals surface area contributed by atoms with Gasteiger partial charge in [0, 0.05) is 23.7 Å². The Bertz CT molecular complexity index is 1300. The summed E-state index contributed by atoms with van der Waals surface area (Å²) in [5, 5.41) is 0.553. The zero-order chi connectivity index (χ0) is 28.6. The van der Waals surface area contributed by atoms with E-state index < -0.39 is 23.8 Å². The summed E-state index contributed by atoms with van der Waals surface area (Å²) < 4.78 is 57.0. The van der Waals surface area contributed by atoms with Crippen molar-refractivity contribution in [3.8, 4) is 16.9 Å². The van der Waals surface area contributed by atoms with Crippen molar-refractivity contribution in [3.05, 3.63) is 87.9 Å². The molecule has 0 unspecified atom stereocenters. The van der Waals surface area contributed by atoms with E-state index in [-0.39, 0.29) is 38.3 Å². The van der Waals surface area contributed by atoms with Crippen molar-refractivity contribution in [2.24, 2.45) is 0 Å². The SMILES string of the molecule is CCOC(=O)Cc1ccc(OC)c(-c2cc(C(F)(F)F)ccc2CN(CC)C(=O)OCc2ccc(Cl)cc2)c1. The average molecular weight is 564 g/mol. The van der Waals surface area contributed by atoms with Crippen LogP contribution in [0.2, 0.25) is 5.02 Å². The van der Waals surface area contributed by atoms with Gasteiger partial charge in [-0.2, -0.15) is 13.2 Å². The Morgan fingerprint density at radius 1 is 0.897 bits per heavy atom. The fraction of sp³-hybridized carbons (Fsp3) is 0.310. The van der Waals surface area contributed by atoms with Gasteiger partial charge in [-0.15, -0.1) is 0 Å². The summed E-state index contributed by atoms with van der Waals surface area (Å²) >= 11 is 5.89. The molecule has 0 aromatic heterocycles. The number of ether oxygens (including phenoxy) is 3. The Hall–Kier alpha value is -3.72. The van der Waals surface area contributed by atoms with E-state index in [0.29, 0.717) is 27.5 Å². The molecule has 0 fully saturated rings. The maximum atomic E-state index is 13.7. The van der Waals surface area contributed by atoms with E-state index in [0.717, 1.165) is 17.7 Å². The molecule has 0 saturated carbocycles. The second-order valence-electron chi connectivity index (χ2n) is 8.58. The van der Waals surface area contributed by atoms with Crippen molar-refractivity contribution in [2.75, 3.05) is 20.3 Å². The average Bonchev–Trinajstić information content (AvgIpc) is 2.90. The third-order valence-corrected chi connectivity index (χ3v) is 6.17. The fourth-order valence-electron chi connectivity index (χ4n) is 3.92. The molecular weight excluding hydrogens is 535 g/mol. The van der Waals surface area contributed by atoms with Crippen molar-refractivity contribution in [3.63, 3.8) is 0 Å². The van der Waals surface area contributed by atoms with Crippen LogP contribution in [0, 0.1) is 0 Å². The van der Waals surface area contributed by atoms with Gasteiger partial charge >= 0.3 is 18.2 Å². The van der Waals surface area contributed by atoms with E-state index in [1.807, 2.05) is 0 Å². The van der Waals surface area contributed by atoms with Crippen molar-refractivity contribution in [1.29, 1.82) is 0 Å². The van der Waals surface area contributed by atoms with E-state index in [2.05, 4.69) is 0 Å². The minimum atomic E-state index is -4.59. The number of alkyl halides is 3. The molecule has 0 atom stereocenters. The highest BCUT2D eigenvalue weighted by Gasteiger charge is 2.32. The Kier molecular flexibility index (Phi) is 10.2. The molecule has 3 rings (SSSR count). The highest BCUT2D eigenvalue weighted by atomic mass is 35.5. The summed E-state index contributed by atoms with van der Waals surface area (Å²) in [6.07, 6.45) is -5.27. The van der Waals surface area contributed by atoms with Crippen LogP contribution in [0.5, 0.6) is 5.75 Å². The third-order valence-electron chi connectivity index (χ3n) is 5.92. The Morgan fingerprint density at radius 3 is 2.21 bits per heavy atom. The maximum absolute atomic E-state index is 13.7. The summed E-state index contributed by atoms with van der Waals surface area (Å²) in [5.41, 5.74) is 1.44. The predicted octanol–water partition coefficient (Wildman–Crippen LogP) is 7.30. The standard InChI is InChI=1S/C29H29ClF3NO5/c1-4-34(28(36)39-18-19-6-11-23(30)12-7-19)17-21-9-10-22(29(31,32)33)16-24(21)25-14-20(8-13-26(25)37-3)15-27(35)38-5-2/h6-14,16H,4-5,15,17-18H2,1-3H3. The molecule has 0 aliphatic rings. The number of amides is 1. The second kappa shape index (κ2) is 13.4. The molecule has 0 spiro atoms. The molecule has 0 heterocycles. The monoisotopic (exact) mass is 563 g/mol. The van der Waals surface area contributed by atoms with Gasteiger partial charge in [0.25, 0.3) is 0 Å². The lowest BCUT2D eigenvalue weighted by Crippen LogP contribution is -2.31. The van der Waals surface area contributed by atoms with E-state index in [9.17, 15) is 22.8 Å². The molecule has 39 heavy (non-hydrogen) atoms. The van der Waals surface area contributed by atoms with E-state index in [1.165, 1.54) is 18.1 Å². The number of halogens is 4. The van der Waals surface area contributed by atoms with Gasteiger partial charge in [0.15, 0.2) is 0 Å². The normalized spacial score (nSPS) is 11.2. The smallest absolute Gasteiger partial charge is 0.416 e. The number of nitrogens with zero attached hydrogens (tertiary/aromatic N) is 1. The van der Waals surface area contributed by atoms with Crippen LogP contribution < -0.4 is 4.74 Å². The van der Waals surface area contributed by atoms with E-state index >= 15 is 0 Å². The highest BCUT2D eigenvalue weighted by Crippen LogP contribution is 2.38. The maximum Gasteiger partial charge on any atom is 0.416 e. The summed E-state index contributed by atoms with van der Waals surface area (Å²) in [7, 11) is 1.41. The van der Waals surface area contributed by atoms with Gasteiger partial charge in [0.2, 0.25) is 0 Å². The first-order chi connectivity index (χ1) is 18.5. The predicted molar refractivity (Wildman–Crippen MR) is 141 cm³/mol. The second-order valence-corrected chi connectivity index (χ2v) is 9.02. The molecule has 0 bridgehead atoms. The summed E-state index contributed by atoms with van der Waals surface area (Å²) in [6.45, 7) is 3.88. The first-order valence-corrected chi connectivity index (χ1v) is 12.6. The van der Waals surface area contributed by atoms with Crippen molar-refractivity contribution in [2.45, 2.75) is 39.6 Å². The van der Waals surface area contributed by atoms with Crippen LogP contribution in [0.25, 0.3) is 11.1 Å². The molecule has 0 N–H and O–H groups in total. The van der Waals surface area contributed by atoms with Gasteiger partial charge in [0.05, 0.1) is 25.7 Å². The van der Waals surface area contributed by atoms with Crippen LogP contribution in [-0.2, 0) is 40.0 Å². The lowest BCUT2D eigenvalue weighted by molar-refractivity contribution is -0.142. The van der Waals surface area contributed by atoms with Gasteiger partial charge in [-0.25, -0.2) is 4.79 Å². The van der Waals surface area contributed by atoms with Gasteiger partial charge in [-0.1, -0.05) is 35.9 Å². The van der Waals surface area contributed by atoms with Gasteiger partial charge in [0.1, 0.15) is 12.4 Å². The molecule has 6 nitrogen and oxygen atoms in total. The van der Waals surface area contributed by atoms with Crippen LogP contribution in [0.3, 0.4) is 0 Å². The minimum absolute atomic E-state index is 0.0100. The van der Waals surface area contributed by atoms with Crippen LogP contribution in [-0.4, -0.2) is 37.2 Å². The number of carbonyl (C=O) groups excluding carboxylic acids is 2. The number of carbonyl (C=O) groups is 2. The molecule has 1 amide bonds. The number of esters is 1. The number of rotatable bonds is 10. The van der Waals surface area contributed by atoms with Crippen LogP contribution in [0.15, 0.2) is 60.7 Å². The molecule has 3 aromatic rings. The number of hydrogen-bond acceptors (Lipinski definition) is 5. The zero-order valence-electron chi connectivity index (χ0n) is 21.8. The lowest BCUT2D eigenvalue weighted by atomic mass is 9.94. The summed E-state index contributed by atoms with van der Waals surface area (Å²) in [6, 6.07) is 15.0. The lowest BCUT2D eigenvalue weighted by Gasteiger charge is -2.23. The molecule has 0 saturated heterocycles. The van der Waals surface area contributed by atoms with E-state index in [4.69, 9.17) is 25.8 Å². The zero-order valence-corrected chi connectivity index (χ0v) is 22.6. The summed E-state index contributed by atoms with van der Waals surface area (Å²) in [4.78, 5) is 26.3. The first kappa shape index (κ1) is 29.8. The topological polar surface area (TPSA) is 65.1 Å². The fourth-order valence-corrected chi connectivity index (χ4v) is 4.05. The first-order valence-electron chi connectivity index (χ1n) is 12.2. The van der Waals surface area contributed by atoms with Crippen LogP contribution >= 0.6 is 11.6 Å². The van der Waals surface area contributed by atoms with Gasteiger partial charge in [-0.3, -0.25) is 4.79 Å². The number of methoxy groups -OCH3 is 1. The Morgan fingerprint density at radius 2 is 1.59 bits per heavy atom. The van der Waals surface area contributed by atoms with Crippen molar-refractivity contribution in [1.82, 2.24) is 4.90 Å². The minimum Gasteiger partial charge on any atom is -0.496 e. The summed E-state index contributed by atoms with van der Waals surface area (Å²) in [5.74, 6) is -0.143. The van der Waals surface area contributed by atoms with Crippen molar-refractivity contribution >= 4 is 23.7 Å². The molecule has 0 aliphatic carbocycles. The Labute approximate surface area is 230 Å².